The molecule has 1 fully saturated rings. The molecule has 1 atom stereocenters. The standard InChI is InChI=1S/C28H36N4O.3ClH/c1-2-13-31(25-9-7-22-8-10-26(33)21-24(22)20-25)17-14-30-15-18-32(19-16-30)28-27-6-4-3-5-23(27)11-12-29-28;;;/h3-6,8,10-12,21,25,33H,2,7,9,13-20H2,1H3;3*1H. The summed E-state index contributed by atoms with van der Waals surface area (Å²) in [6.07, 6.45) is 6.53. The highest BCUT2D eigenvalue weighted by molar-refractivity contribution is 5.92. The van der Waals surface area contributed by atoms with Crippen molar-refractivity contribution in [2.45, 2.75) is 38.6 Å². The number of aryl methyl sites for hydroxylation is 1. The van der Waals surface area contributed by atoms with Gasteiger partial charge in [-0.1, -0.05) is 37.3 Å². The van der Waals surface area contributed by atoms with Crippen LogP contribution in [0, 0.1) is 0 Å². The highest BCUT2D eigenvalue weighted by Crippen LogP contribution is 2.28. The fraction of sp³-hybridized carbons (Fsp3) is 0.464. The zero-order valence-electron chi connectivity index (χ0n) is 21.0. The summed E-state index contributed by atoms with van der Waals surface area (Å²) in [4.78, 5) is 12.5. The van der Waals surface area contributed by atoms with Crippen LogP contribution in [0.4, 0.5) is 5.82 Å². The Balaban J connectivity index is 0.00000152. The van der Waals surface area contributed by atoms with Crippen molar-refractivity contribution in [1.82, 2.24) is 14.8 Å². The van der Waals surface area contributed by atoms with Gasteiger partial charge in [0.1, 0.15) is 11.6 Å². The molecule has 0 saturated carbocycles. The third kappa shape index (κ3) is 6.96. The number of phenolic OH excluding ortho intramolecular Hbond substituents is 1. The van der Waals surface area contributed by atoms with Gasteiger partial charge in [0.05, 0.1) is 0 Å². The average Bonchev–Trinajstić information content (AvgIpc) is 2.86. The van der Waals surface area contributed by atoms with Gasteiger partial charge < -0.3 is 10.0 Å². The minimum absolute atomic E-state index is 0. The Labute approximate surface area is 234 Å². The number of anilines is 1. The maximum atomic E-state index is 9.92. The van der Waals surface area contributed by atoms with Crippen LogP contribution >= 0.6 is 37.2 Å². The van der Waals surface area contributed by atoms with Gasteiger partial charge in [0.2, 0.25) is 0 Å². The minimum Gasteiger partial charge on any atom is -0.508 e. The van der Waals surface area contributed by atoms with Gasteiger partial charge in [-0.15, -0.1) is 37.2 Å². The van der Waals surface area contributed by atoms with Crippen LogP contribution in [-0.2, 0) is 12.8 Å². The average molecular weight is 554 g/mol. The van der Waals surface area contributed by atoms with E-state index in [1.165, 1.54) is 34.7 Å². The molecule has 1 aromatic heterocycles. The van der Waals surface area contributed by atoms with Gasteiger partial charge in [-0.25, -0.2) is 4.98 Å². The summed E-state index contributed by atoms with van der Waals surface area (Å²) in [7, 11) is 0. The van der Waals surface area contributed by atoms with E-state index in [1.54, 1.807) is 0 Å². The van der Waals surface area contributed by atoms with Crippen LogP contribution in [0.25, 0.3) is 10.8 Å². The van der Waals surface area contributed by atoms with Crippen LogP contribution in [0.3, 0.4) is 0 Å². The maximum absolute atomic E-state index is 9.92. The highest BCUT2D eigenvalue weighted by atomic mass is 35.5. The summed E-state index contributed by atoms with van der Waals surface area (Å²) in [6.45, 7) is 9.93. The first kappa shape index (κ1) is 30.5. The van der Waals surface area contributed by atoms with E-state index in [2.05, 4.69) is 58.0 Å². The fourth-order valence-corrected chi connectivity index (χ4v) is 5.61. The van der Waals surface area contributed by atoms with Crippen LogP contribution in [0.5, 0.6) is 5.75 Å². The number of hydrogen-bond acceptors (Lipinski definition) is 5. The van der Waals surface area contributed by atoms with Crippen molar-refractivity contribution in [3.05, 3.63) is 65.9 Å². The van der Waals surface area contributed by atoms with Gasteiger partial charge in [0.15, 0.2) is 0 Å². The highest BCUT2D eigenvalue weighted by Gasteiger charge is 2.25. The van der Waals surface area contributed by atoms with E-state index in [-0.39, 0.29) is 37.2 Å². The quantitative estimate of drug-likeness (QED) is 0.413. The smallest absolute Gasteiger partial charge is 0.136 e. The molecule has 1 unspecified atom stereocenters. The summed E-state index contributed by atoms with van der Waals surface area (Å²) in [5, 5.41) is 12.4. The van der Waals surface area contributed by atoms with Crippen molar-refractivity contribution < 1.29 is 5.11 Å². The van der Waals surface area contributed by atoms with Crippen molar-refractivity contribution in [2.24, 2.45) is 0 Å². The predicted molar refractivity (Wildman–Crippen MR) is 158 cm³/mol. The first-order valence-electron chi connectivity index (χ1n) is 12.6. The lowest BCUT2D eigenvalue weighted by atomic mass is 9.87. The van der Waals surface area contributed by atoms with E-state index in [9.17, 15) is 5.11 Å². The zero-order chi connectivity index (χ0) is 22.6. The maximum Gasteiger partial charge on any atom is 0.136 e. The number of aromatic nitrogens is 1. The molecule has 0 radical (unpaired) electrons. The zero-order valence-corrected chi connectivity index (χ0v) is 23.5. The summed E-state index contributed by atoms with van der Waals surface area (Å²) < 4.78 is 0. The lowest BCUT2D eigenvalue weighted by Crippen LogP contribution is -2.50. The van der Waals surface area contributed by atoms with Gasteiger partial charge >= 0.3 is 0 Å². The van der Waals surface area contributed by atoms with Crippen LogP contribution in [-0.4, -0.2) is 71.7 Å². The molecule has 1 aliphatic heterocycles. The fourth-order valence-electron chi connectivity index (χ4n) is 5.61. The minimum atomic E-state index is 0. The third-order valence-corrected chi connectivity index (χ3v) is 7.45. The Bertz CT molecular complexity index is 1090. The predicted octanol–water partition coefficient (Wildman–Crippen LogP) is 5.60. The Kier molecular flexibility index (Phi) is 12.1. The van der Waals surface area contributed by atoms with Crippen LogP contribution in [0.2, 0.25) is 0 Å². The molecule has 1 aliphatic carbocycles. The second-order valence-electron chi connectivity index (χ2n) is 9.57. The van der Waals surface area contributed by atoms with Crippen molar-refractivity contribution in [3.8, 4) is 5.75 Å². The molecule has 5 nitrogen and oxygen atoms in total. The van der Waals surface area contributed by atoms with Crippen LogP contribution < -0.4 is 4.90 Å². The van der Waals surface area contributed by atoms with Gasteiger partial charge in [-0.3, -0.25) is 9.80 Å². The number of phenols is 1. The van der Waals surface area contributed by atoms with E-state index in [4.69, 9.17) is 4.98 Å². The number of hydrogen-bond donors (Lipinski definition) is 1. The molecule has 36 heavy (non-hydrogen) atoms. The van der Waals surface area contributed by atoms with Gasteiger partial charge in [0.25, 0.3) is 0 Å². The van der Waals surface area contributed by atoms with Crippen LogP contribution in [0.15, 0.2) is 54.7 Å². The number of pyridine rings is 1. The number of halogens is 3. The van der Waals surface area contributed by atoms with E-state index in [1.807, 2.05) is 18.3 Å². The lowest BCUT2D eigenvalue weighted by Gasteiger charge is -2.39. The third-order valence-electron chi connectivity index (χ3n) is 7.45. The molecule has 8 heteroatoms. The Morgan fingerprint density at radius 3 is 2.50 bits per heavy atom. The van der Waals surface area contributed by atoms with E-state index < -0.39 is 0 Å². The van der Waals surface area contributed by atoms with Gasteiger partial charge in [-0.05, 0) is 66.9 Å². The molecule has 0 amide bonds. The number of piperazine rings is 1. The summed E-state index contributed by atoms with van der Waals surface area (Å²) >= 11 is 0. The first-order chi connectivity index (χ1) is 16.2. The summed E-state index contributed by atoms with van der Waals surface area (Å²) in [5.74, 6) is 1.53. The topological polar surface area (TPSA) is 42.8 Å². The van der Waals surface area contributed by atoms with E-state index in [0.717, 1.165) is 64.5 Å². The lowest BCUT2D eigenvalue weighted by molar-refractivity contribution is 0.145. The molecule has 0 spiro atoms. The number of aromatic hydroxyl groups is 1. The molecule has 198 valence electrons. The molecule has 0 bridgehead atoms. The van der Waals surface area contributed by atoms with Crippen molar-refractivity contribution in [2.75, 3.05) is 50.7 Å². The Morgan fingerprint density at radius 2 is 1.72 bits per heavy atom. The molecule has 2 aliphatic rings. The SMILES string of the molecule is CCCN(CCN1CCN(c2nccc3ccccc23)CC1)C1CCc2ccc(O)cc2C1.Cl.Cl.Cl. The monoisotopic (exact) mass is 552 g/mol. The molecule has 1 N–H and O–H groups in total. The second-order valence-corrected chi connectivity index (χ2v) is 9.57. The van der Waals surface area contributed by atoms with Crippen molar-refractivity contribution >= 4 is 53.8 Å². The molecular formula is C28H39Cl3N4O. The Hall–Kier alpha value is -1.76. The molecule has 5 rings (SSSR count). The second kappa shape index (κ2) is 14.3. The molecule has 3 aromatic rings. The van der Waals surface area contributed by atoms with Crippen molar-refractivity contribution in [3.63, 3.8) is 0 Å². The van der Waals surface area contributed by atoms with E-state index >= 15 is 0 Å². The normalized spacial score (nSPS) is 17.6. The number of nitrogens with zero attached hydrogens (tertiary/aromatic N) is 4. The van der Waals surface area contributed by atoms with E-state index in [0.29, 0.717) is 11.8 Å². The Morgan fingerprint density at radius 1 is 0.944 bits per heavy atom. The largest absolute Gasteiger partial charge is 0.508 e. The molecule has 2 heterocycles. The van der Waals surface area contributed by atoms with Gasteiger partial charge in [0, 0.05) is 56.9 Å². The summed E-state index contributed by atoms with van der Waals surface area (Å²) in [6, 6.07) is 17.2. The van der Waals surface area contributed by atoms with Crippen LogP contribution in [0.1, 0.15) is 30.9 Å². The first-order valence-corrected chi connectivity index (χ1v) is 12.6. The number of rotatable bonds is 7. The molecular weight excluding hydrogens is 515 g/mol. The number of fused-ring (bicyclic) bond motifs is 2. The number of benzene rings is 2. The summed E-state index contributed by atoms with van der Waals surface area (Å²) in [5.41, 5.74) is 2.75. The molecule has 2 aromatic carbocycles. The molecule has 1 saturated heterocycles. The van der Waals surface area contributed by atoms with Gasteiger partial charge in [-0.2, -0.15) is 0 Å². The van der Waals surface area contributed by atoms with Crippen molar-refractivity contribution in [1.29, 1.82) is 0 Å².